The number of hydrogen-bond donors (Lipinski definition) is 1. The minimum absolute atomic E-state index is 0.261. The third-order valence-electron chi connectivity index (χ3n) is 3.40. The van der Waals surface area contributed by atoms with Crippen molar-refractivity contribution in [2.75, 3.05) is 25.1 Å². The lowest BCUT2D eigenvalue weighted by molar-refractivity contribution is -0.385. The number of hydrogen-bond acceptors (Lipinski definition) is 4. The number of alkyl halides is 2. The van der Waals surface area contributed by atoms with Crippen LogP contribution in [0.1, 0.15) is 24.8 Å². The molecule has 2 rings (SSSR count). The average molecular weight is 286 g/mol. The van der Waals surface area contributed by atoms with E-state index in [-0.39, 0.29) is 16.9 Å². The van der Waals surface area contributed by atoms with Gasteiger partial charge in [0, 0.05) is 43.1 Å². The van der Waals surface area contributed by atoms with E-state index in [0.717, 1.165) is 18.9 Å². The zero-order valence-corrected chi connectivity index (χ0v) is 10.9. The molecule has 5 nitrogen and oxygen atoms in total. The first-order valence-electron chi connectivity index (χ1n) is 6.46. The van der Waals surface area contributed by atoms with Gasteiger partial charge in [-0.15, -0.1) is 0 Å². The Morgan fingerprint density at radius 1 is 1.40 bits per heavy atom. The molecule has 7 heteroatoms. The summed E-state index contributed by atoms with van der Waals surface area (Å²) in [6.07, 6.45) is -0.958. The van der Waals surface area contributed by atoms with Gasteiger partial charge in [0.25, 0.3) is 12.1 Å². The van der Waals surface area contributed by atoms with Crippen LogP contribution in [-0.4, -0.2) is 24.7 Å². The van der Waals surface area contributed by atoms with Crippen LogP contribution in [0.4, 0.5) is 20.2 Å². The van der Waals surface area contributed by atoms with E-state index in [4.69, 9.17) is 4.74 Å². The van der Waals surface area contributed by atoms with Crippen LogP contribution < -0.4 is 5.32 Å². The van der Waals surface area contributed by atoms with E-state index in [1.54, 1.807) is 0 Å². The molecule has 0 radical (unpaired) electrons. The summed E-state index contributed by atoms with van der Waals surface area (Å²) >= 11 is 0. The number of non-ortho nitro benzene ring substituents is 1. The fourth-order valence-electron chi connectivity index (χ4n) is 2.21. The van der Waals surface area contributed by atoms with Gasteiger partial charge in [-0.2, -0.15) is 0 Å². The second kappa shape index (κ2) is 6.60. The van der Waals surface area contributed by atoms with Crippen molar-refractivity contribution in [2.45, 2.75) is 19.3 Å². The lowest BCUT2D eigenvalue weighted by Crippen LogP contribution is -2.23. The fraction of sp³-hybridized carbons (Fsp3) is 0.538. The van der Waals surface area contributed by atoms with Crippen LogP contribution in [0, 0.1) is 16.0 Å². The first kappa shape index (κ1) is 14.6. The summed E-state index contributed by atoms with van der Waals surface area (Å²) in [7, 11) is 0. The predicted molar refractivity (Wildman–Crippen MR) is 70.1 cm³/mol. The second-order valence-corrected chi connectivity index (χ2v) is 4.77. The van der Waals surface area contributed by atoms with Gasteiger partial charge in [0.1, 0.15) is 0 Å². The van der Waals surface area contributed by atoms with Gasteiger partial charge in [-0.25, -0.2) is 8.78 Å². The first-order valence-corrected chi connectivity index (χ1v) is 6.46. The molecule has 0 atom stereocenters. The molecular weight excluding hydrogens is 270 g/mol. The zero-order valence-electron chi connectivity index (χ0n) is 10.9. The number of ether oxygens (including phenoxy) is 1. The van der Waals surface area contributed by atoms with Gasteiger partial charge in [-0.05, 0) is 24.8 Å². The molecule has 0 unspecified atom stereocenters. The largest absolute Gasteiger partial charge is 0.384 e. The van der Waals surface area contributed by atoms with E-state index in [1.807, 2.05) is 0 Å². The van der Waals surface area contributed by atoms with E-state index >= 15 is 0 Å². The maximum absolute atomic E-state index is 13.0. The van der Waals surface area contributed by atoms with E-state index in [9.17, 15) is 18.9 Å². The number of rotatable bonds is 5. The van der Waals surface area contributed by atoms with Crippen LogP contribution in [0.2, 0.25) is 0 Å². The van der Waals surface area contributed by atoms with Gasteiger partial charge in [-0.1, -0.05) is 0 Å². The highest BCUT2D eigenvalue weighted by Crippen LogP contribution is 2.31. The molecule has 1 heterocycles. The van der Waals surface area contributed by atoms with E-state index in [0.29, 0.717) is 25.7 Å². The smallest absolute Gasteiger partial charge is 0.270 e. The van der Waals surface area contributed by atoms with Gasteiger partial charge in [0.05, 0.1) is 4.92 Å². The summed E-state index contributed by atoms with van der Waals surface area (Å²) in [5.74, 6) is 0.379. The van der Waals surface area contributed by atoms with Crippen LogP contribution in [0.15, 0.2) is 18.2 Å². The second-order valence-electron chi connectivity index (χ2n) is 4.77. The first-order chi connectivity index (χ1) is 9.58. The molecule has 0 bridgehead atoms. The van der Waals surface area contributed by atoms with Gasteiger partial charge in [-0.3, -0.25) is 10.1 Å². The minimum Gasteiger partial charge on any atom is -0.384 e. The van der Waals surface area contributed by atoms with Gasteiger partial charge in [0.15, 0.2) is 0 Å². The Morgan fingerprint density at radius 2 is 2.10 bits per heavy atom. The van der Waals surface area contributed by atoms with E-state index in [1.165, 1.54) is 12.1 Å². The Bertz CT molecular complexity index is 477. The van der Waals surface area contributed by atoms with E-state index < -0.39 is 11.3 Å². The van der Waals surface area contributed by atoms with Crippen molar-refractivity contribution in [3.63, 3.8) is 0 Å². The summed E-state index contributed by atoms with van der Waals surface area (Å²) in [6, 6.07) is 3.51. The molecule has 20 heavy (non-hydrogen) atoms. The number of nitro groups is 1. The van der Waals surface area contributed by atoms with E-state index in [2.05, 4.69) is 5.32 Å². The van der Waals surface area contributed by atoms with Gasteiger partial charge in [0.2, 0.25) is 0 Å². The van der Waals surface area contributed by atoms with Crippen LogP contribution in [0.25, 0.3) is 0 Å². The van der Waals surface area contributed by atoms with Crippen molar-refractivity contribution in [1.29, 1.82) is 0 Å². The summed E-state index contributed by atoms with van der Waals surface area (Å²) in [6.45, 7) is 1.95. The monoisotopic (exact) mass is 286 g/mol. The molecule has 110 valence electrons. The van der Waals surface area contributed by atoms with Crippen molar-refractivity contribution in [3.8, 4) is 0 Å². The molecule has 0 aliphatic carbocycles. The number of halogens is 2. The summed E-state index contributed by atoms with van der Waals surface area (Å²) in [5.41, 5.74) is -0.389. The molecule has 1 aromatic rings. The number of anilines is 1. The lowest BCUT2D eigenvalue weighted by Gasteiger charge is -2.23. The van der Waals surface area contributed by atoms with Gasteiger partial charge >= 0.3 is 0 Å². The van der Waals surface area contributed by atoms with Crippen molar-refractivity contribution < 1.29 is 18.4 Å². The van der Waals surface area contributed by atoms with Crippen LogP contribution in [-0.2, 0) is 4.74 Å². The summed E-state index contributed by atoms with van der Waals surface area (Å²) in [5, 5.41) is 13.6. The Kier molecular flexibility index (Phi) is 4.84. The average Bonchev–Trinajstić information content (AvgIpc) is 2.45. The molecule has 0 spiro atoms. The van der Waals surface area contributed by atoms with Crippen LogP contribution in [0.3, 0.4) is 0 Å². The van der Waals surface area contributed by atoms with Crippen molar-refractivity contribution in [1.82, 2.24) is 0 Å². The molecule has 1 saturated heterocycles. The molecule has 0 aromatic heterocycles. The third kappa shape index (κ3) is 3.63. The number of nitrogens with zero attached hydrogens (tertiary/aromatic N) is 1. The predicted octanol–water partition coefficient (Wildman–Crippen LogP) is 3.37. The molecule has 0 saturated carbocycles. The maximum Gasteiger partial charge on any atom is 0.270 e. The van der Waals surface area contributed by atoms with Crippen molar-refractivity contribution in [2.24, 2.45) is 5.92 Å². The molecule has 1 aromatic carbocycles. The highest BCUT2D eigenvalue weighted by atomic mass is 19.3. The quantitative estimate of drug-likeness (QED) is 0.665. The SMILES string of the molecule is O=[N+]([O-])c1ccc(NCC2CCOCC2)c(C(F)F)c1. The van der Waals surface area contributed by atoms with Crippen LogP contribution >= 0.6 is 0 Å². The molecule has 1 aliphatic heterocycles. The highest BCUT2D eigenvalue weighted by molar-refractivity contribution is 5.56. The maximum atomic E-state index is 13.0. The third-order valence-corrected chi connectivity index (χ3v) is 3.40. The van der Waals surface area contributed by atoms with Gasteiger partial charge < -0.3 is 10.1 Å². The van der Waals surface area contributed by atoms with Crippen molar-refractivity contribution >= 4 is 11.4 Å². The summed E-state index contributed by atoms with van der Waals surface area (Å²) < 4.78 is 31.1. The minimum atomic E-state index is -2.74. The standard InChI is InChI=1S/C13H16F2N2O3/c14-13(15)11-7-10(17(18)19)1-2-12(11)16-8-9-3-5-20-6-4-9/h1-2,7,9,13,16H,3-6,8H2. The Balaban J connectivity index is 2.07. The fourth-order valence-corrected chi connectivity index (χ4v) is 2.21. The zero-order chi connectivity index (χ0) is 14.5. The summed E-state index contributed by atoms with van der Waals surface area (Å²) in [4.78, 5) is 9.95. The molecule has 1 N–H and O–H groups in total. The molecule has 0 amide bonds. The Hall–Kier alpha value is -1.76. The number of benzene rings is 1. The van der Waals surface area contributed by atoms with Crippen molar-refractivity contribution in [3.05, 3.63) is 33.9 Å². The normalized spacial score (nSPS) is 16.4. The molecular formula is C13H16F2N2O3. The Morgan fingerprint density at radius 3 is 2.70 bits per heavy atom. The lowest BCUT2D eigenvalue weighted by atomic mass is 10.00. The molecule has 1 aliphatic rings. The Labute approximate surface area is 115 Å². The molecule has 1 fully saturated rings. The number of nitro benzene ring substituents is 1. The topological polar surface area (TPSA) is 64.4 Å². The number of nitrogens with one attached hydrogen (secondary N) is 1. The highest BCUT2D eigenvalue weighted by Gasteiger charge is 2.19. The van der Waals surface area contributed by atoms with Crippen LogP contribution in [0.5, 0.6) is 0 Å².